The Morgan fingerprint density at radius 2 is 1.44 bits per heavy atom. The van der Waals surface area contributed by atoms with Gasteiger partial charge in [0.05, 0.1) is 13.2 Å². The van der Waals surface area contributed by atoms with E-state index < -0.39 is 0 Å². The van der Waals surface area contributed by atoms with Crippen molar-refractivity contribution >= 4 is 23.2 Å². The third kappa shape index (κ3) is 8.02. The highest BCUT2D eigenvalue weighted by Gasteiger charge is 1.75. The monoisotopic (exact) mass is 166 g/mol. The van der Waals surface area contributed by atoms with Gasteiger partial charge in [0.15, 0.2) is 0 Å². The molecule has 0 saturated carbocycles. The number of hydrogen-bond acceptors (Lipinski definition) is 1. The molecule has 9 heavy (non-hydrogen) atoms. The molecule has 0 fully saturated rings. The minimum absolute atomic E-state index is 0.532. The third-order valence-electron chi connectivity index (χ3n) is 0.606. The van der Waals surface area contributed by atoms with Gasteiger partial charge in [-0.3, -0.25) is 0 Å². The molecule has 3 heteroatoms. The zero-order valence-corrected chi connectivity index (χ0v) is 6.40. The molecule has 1 nitrogen and oxygen atoms in total. The van der Waals surface area contributed by atoms with Crippen LogP contribution in [0.2, 0.25) is 0 Å². The van der Waals surface area contributed by atoms with Gasteiger partial charge >= 0.3 is 0 Å². The molecule has 52 valence electrons. The van der Waals surface area contributed by atoms with E-state index in [-0.39, 0.29) is 0 Å². The van der Waals surface area contributed by atoms with Crippen LogP contribution >= 0.6 is 23.2 Å². The fourth-order valence-corrected chi connectivity index (χ4v) is 0.422. The molecule has 0 unspecified atom stereocenters. The summed E-state index contributed by atoms with van der Waals surface area (Å²) in [6.07, 6.45) is 3.42. The molecule has 0 aromatic heterocycles. The lowest BCUT2D eigenvalue weighted by Crippen LogP contribution is -1.88. The Morgan fingerprint density at radius 1 is 1.00 bits per heavy atom. The van der Waals surface area contributed by atoms with Crippen molar-refractivity contribution in [2.24, 2.45) is 0 Å². The summed E-state index contributed by atoms with van der Waals surface area (Å²) in [5.74, 6) is 0. The predicted octanol–water partition coefficient (Wildman–Crippen LogP) is 2.51. The molecule has 0 bridgehead atoms. The van der Waals surface area contributed by atoms with Gasteiger partial charge in [-0.05, 0) is 12.2 Å². The van der Waals surface area contributed by atoms with E-state index in [1.165, 1.54) is 11.1 Å². The number of rotatable bonds is 4. The maximum atomic E-state index is 5.21. The van der Waals surface area contributed by atoms with Gasteiger partial charge in [0.1, 0.15) is 0 Å². The molecule has 0 heterocycles. The van der Waals surface area contributed by atoms with E-state index in [1.807, 2.05) is 0 Å². The first-order valence-electron chi connectivity index (χ1n) is 2.50. The molecule has 0 aromatic rings. The Hall–Kier alpha value is 0.0200. The van der Waals surface area contributed by atoms with Crippen molar-refractivity contribution in [2.75, 3.05) is 13.2 Å². The van der Waals surface area contributed by atoms with Crippen LogP contribution in [0.3, 0.4) is 0 Å². The SMILES string of the molecule is Cl/C=C/COC/C=C/Cl. The molecule has 0 radical (unpaired) electrons. The Kier molecular flexibility index (Phi) is 8.04. The molecule has 0 spiro atoms. The molecule has 0 aliphatic heterocycles. The number of hydrogen-bond donors (Lipinski definition) is 0. The second-order valence-electron chi connectivity index (χ2n) is 1.26. The lowest BCUT2D eigenvalue weighted by atomic mass is 10.6. The van der Waals surface area contributed by atoms with Gasteiger partial charge < -0.3 is 4.74 Å². The zero-order valence-electron chi connectivity index (χ0n) is 4.89. The average Bonchev–Trinajstić information content (AvgIpc) is 1.89. The van der Waals surface area contributed by atoms with E-state index in [0.717, 1.165) is 0 Å². The normalized spacial score (nSPS) is 11.8. The molecule has 0 N–H and O–H groups in total. The minimum atomic E-state index is 0.532. The van der Waals surface area contributed by atoms with Crippen molar-refractivity contribution in [3.63, 3.8) is 0 Å². The first-order valence-corrected chi connectivity index (χ1v) is 3.37. The Labute approximate surface area is 64.9 Å². The smallest absolute Gasteiger partial charge is 0.0663 e. The first-order chi connectivity index (χ1) is 4.41. The molecule has 0 aliphatic carbocycles. The van der Waals surface area contributed by atoms with Gasteiger partial charge in [-0.25, -0.2) is 0 Å². The van der Waals surface area contributed by atoms with Crippen molar-refractivity contribution in [3.8, 4) is 0 Å². The molecule has 0 saturated heterocycles. The second kappa shape index (κ2) is 8.02. The molecular formula is C6H8Cl2O. The standard InChI is InChI=1S/C6H8Cl2O/c7-3-1-5-9-6-2-4-8/h1-4H,5-6H2/b3-1+,4-2+. The van der Waals surface area contributed by atoms with Crippen LogP contribution in [0.5, 0.6) is 0 Å². The van der Waals surface area contributed by atoms with Crippen LogP contribution in [0.1, 0.15) is 0 Å². The summed E-state index contributed by atoms with van der Waals surface area (Å²) in [5.41, 5.74) is 2.84. The van der Waals surface area contributed by atoms with Crippen LogP contribution in [0, 0.1) is 0 Å². The van der Waals surface area contributed by atoms with E-state index in [4.69, 9.17) is 27.9 Å². The Balaban J connectivity index is 2.91. The highest BCUT2D eigenvalue weighted by Crippen LogP contribution is 1.83. The average molecular weight is 167 g/mol. The maximum Gasteiger partial charge on any atom is 0.0663 e. The maximum absolute atomic E-state index is 5.21. The van der Waals surface area contributed by atoms with Crippen molar-refractivity contribution < 1.29 is 4.74 Å². The summed E-state index contributed by atoms with van der Waals surface area (Å²) in [4.78, 5) is 0. The number of ether oxygens (including phenoxy) is 1. The van der Waals surface area contributed by atoms with Gasteiger partial charge in [-0.2, -0.15) is 0 Å². The highest BCUT2D eigenvalue weighted by atomic mass is 35.5. The van der Waals surface area contributed by atoms with Crippen LogP contribution in [-0.4, -0.2) is 13.2 Å². The topological polar surface area (TPSA) is 9.23 Å². The lowest BCUT2D eigenvalue weighted by Gasteiger charge is -1.91. The van der Waals surface area contributed by atoms with Crippen LogP contribution in [-0.2, 0) is 4.74 Å². The third-order valence-corrected chi connectivity index (χ3v) is 0.963. The highest BCUT2D eigenvalue weighted by molar-refractivity contribution is 6.25. The quantitative estimate of drug-likeness (QED) is 0.584. The van der Waals surface area contributed by atoms with Gasteiger partial charge in [-0.15, -0.1) is 0 Å². The summed E-state index contributed by atoms with van der Waals surface area (Å²) in [6, 6.07) is 0. The van der Waals surface area contributed by atoms with E-state index in [2.05, 4.69) is 0 Å². The summed E-state index contributed by atoms with van der Waals surface area (Å²) in [5, 5.41) is 0. The van der Waals surface area contributed by atoms with Gasteiger partial charge in [0.2, 0.25) is 0 Å². The van der Waals surface area contributed by atoms with Gasteiger partial charge in [0, 0.05) is 11.1 Å². The molecule has 0 atom stereocenters. The van der Waals surface area contributed by atoms with E-state index in [1.54, 1.807) is 12.2 Å². The lowest BCUT2D eigenvalue weighted by molar-refractivity contribution is 0.194. The van der Waals surface area contributed by atoms with E-state index >= 15 is 0 Å². The van der Waals surface area contributed by atoms with Crippen LogP contribution in [0.15, 0.2) is 23.2 Å². The first kappa shape index (κ1) is 9.02. The molecule has 0 aromatic carbocycles. The van der Waals surface area contributed by atoms with E-state index in [0.29, 0.717) is 13.2 Å². The minimum Gasteiger partial charge on any atom is -0.373 e. The van der Waals surface area contributed by atoms with Crippen molar-refractivity contribution in [1.82, 2.24) is 0 Å². The summed E-state index contributed by atoms with van der Waals surface area (Å²) >= 11 is 10.4. The zero-order chi connectivity index (χ0) is 6.95. The summed E-state index contributed by atoms with van der Waals surface area (Å²) < 4.78 is 4.97. The Morgan fingerprint density at radius 3 is 1.78 bits per heavy atom. The van der Waals surface area contributed by atoms with Crippen LogP contribution < -0.4 is 0 Å². The molecule has 0 rings (SSSR count). The van der Waals surface area contributed by atoms with Crippen molar-refractivity contribution in [1.29, 1.82) is 0 Å². The molecule has 0 aliphatic rings. The van der Waals surface area contributed by atoms with Crippen molar-refractivity contribution in [2.45, 2.75) is 0 Å². The largest absolute Gasteiger partial charge is 0.373 e. The molecular weight excluding hydrogens is 159 g/mol. The summed E-state index contributed by atoms with van der Waals surface area (Å²) in [7, 11) is 0. The van der Waals surface area contributed by atoms with E-state index in [9.17, 15) is 0 Å². The fraction of sp³-hybridized carbons (Fsp3) is 0.333. The Bertz CT molecular complexity index is 87.2. The van der Waals surface area contributed by atoms with Gasteiger partial charge in [0.25, 0.3) is 0 Å². The molecule has 0 amide bonds. The fourth-order valence-electron chi connectivity index (χ4n) is 0.277. The number of halogens is 2. The summed E-state index contributed by atoms with van der Waals surface area (Å²) in [6.45, 7) is 1.06. The second-order valence-corrected chi connectivity index (χ2v) is 1.76. The predicted molar refractivity (Wildman–Crippen MR) is 40.8 cm³/mol. The van der Waals surface area contributed by atoms with Gasteiger partial charge in [-0.1, -0.05) is 23.2 Å². The van der Waals surface area contributed by atoms with Crippen LogP contribution in [0.25, 0.3) is 0 Å². The van der Waals surface area contributed by atoms with Crippen molar-refractivity contribution in [3.05, 3.63) is 23.2 Å². The van der Waals surface area contributed by atoms with Crippen LogP contribution in [0.4, 0.5) is 0 Å².